The number of amides is 1. The van der Waals surface area contributed by atoms with Crippen molar-refractivity contribution < 1.29 is 4.79 Å². The van der Waals surface area contributed by atoms with Crippen LogP contribution >= 0.6 is 46.3 Å². The Kier molecular flexibility index (Phi) is 5.86. The van der Waals surface area contributed by atoms with Crippen molar-refractivity contribution in [2.75, 3.05) is 5.32 Å². The number of thiophene rings is 1. The van der Waals surface area contributed by atoms with Crippen LogP contribution in [0.15, 0.2) is 28.2 Å². The summed E-state index contributed by atoms with van der Waals surface area (Å²) in [5.74, 6) is -0.239. The molecule has 1 atom stereocenters. The fraction of sp³-hybridized carbons (Fsp3) is 0.278. The lowest BCUT2D eigenvalue weighted by Gasteiger charge is -2.14. The van der Waals surface area contributed by atoms with Crippen molar-refractivity contribution in [3.05, 3.63) is 49.0 Å². The molecule has 0 radical (unpaired) electrons. The molecule has 5 nitrogen and oxygen atoms in total. The standard InChI is InChI=1S/C18H17Cl2N3O2S2/c1-8-9(2)26-16-14(8)17(25)23(4)18(22-16)27-10(3)15(24)21-13-6-5-11(19)7-12(13)20/h5-7,10H,1-4H3,(H,21,24). The number of hydrogen-bond donors (Lipinski definition) is 1. The van der Waals surface area contributed by atoms with Gasteiger partial charge < -0.3 is 5.32 Å². The van der Waals surface area contributed by atoms with Crippen LogP contribution in [0.4, 0.5) is 5.69 Å². The molecule has 1 N–H and O–H groups in total. The first-order valence-corrected chi connectivity index (χ1v) is 10.5. The molecule has 0 aliphatic heterocycles. The van der Waals surface area contributed by atoms with Crippen LogP contribution in [-0.2, 0) is 11.8 Å². The van der Waals surface area contributed by atoms with Gasteiger partial charge in [0.05, 0.1) is 21.3 Å². The predicted octanol–water partition coefficient (Wildman–Crippen LogP) is 5.04. The van der Waals surface area contributed by atoms with Crippen molar-refractivity contribution in [3.63, 3.8) is 0 Å². The zero-order chi connectivity index (χ0) is 19.9. The van der Waals surface area contributed by atoms with Gasteiger partial charge in [-0.2, -0.15) is 0 Å². The van der Waals surface area contributed by atoms with Crippen LogP contribution in [0.5, 0.6) is 0 Å². The summed E-state index contributed by atoms with van der Waals surface area (Å²) in [5, 5.41) is 4.31. The van der Waals surface area contributed by atoms with Crippen LogP contribution in [-0.4, -0.2) is 20.7 Å². The number of aryl methyl sites for hydroxylation is 2. The van der Waals surface area contributed by atoms with E-state index in [1.165, 1.54) is 27.7 Å². The number of carbonyl (C=O) groups is 1. The molecule has 0 spiro atoms. The lowest BCUT2D eigenvalue weighted by atomic mass is 10.2. The molecule has 142 valence electrons. The summed E-state index contributed by atoms with van der Waals surface area (Å²) in [7, 11) is 1.67. The normalized spacial score (nSPS) is 12.4. The van der Waals surface area contributed by atoms with Gasteiger partial charge in [-0.15, -0.1) is 11.3 Å². The Labute approximate surface area is 174 Å². The SMILES string of the molecule is Cc1sc2nc(SC(C)C(=O)Nc3ccc(Cl)cc3Cl)n(C)c(=O)c2c1C. The van der Waals surface area contributed by atoms with E-state index in [1.54, 1.807) is 32.2 Å². The molecule has 0 saturated heterocycles. The first-order chi connectivity index (χ1) is 12.7. The van der Waals surface area contributed by atoms with E-state index in [0.29, 0.717) is 31.1 Å². The van der Waals surface area contributed by atoms with Gasteiger partial charge in [-0.05, 0) is 44.5 Å². The van der Waals surface area contributed by atoms with Gasteiger partial charge in [-0.3, -0.25) is 14.2 Å². The number of rotatable bonds is 4. The number of anilines is 1. The molecule has 9 heteroatoms. The first-order valence-electron chi connectivity index (χ1n) is 8.08. The molecule has 0 saturated carbocycles. The molecule has 0 aliphatic carbocycles. The molecule has 2 aromatic heterocycles. The molecule has 3 rings (SSSR count). The maximum atomic E-state index is 12.7. The Morgan fingerprint density at radius 3 is 2.70 bits per heavy atom. The third kappa shape index (κ3) is 4.01. The number of aromatic nitrogens is 2. The minimum absolute atomic E-state index is 0.0993. The number of thioether (sulfide) groups is 1. The van der Waals surface area contributed by atoms with Gasteiger partial charge >= 0.3 is 0 Å². The maximum Gasteiger partial charge on any atom is 0.262 e. The largest absolute Gasteiger partial charge is 0.324 e. The third-order valence-corrected chi connectivity index (χ3v) is 7.00. The number of hydrogen-bond acceptors (Lipinski definition) is 5. The minimum Gasteiger partial charge on any atom is -0.324 e. The molecule has 2 heterocycles. The summed E-state index contributed by atoms with van der Waals surface area (Å²) in [4.78, 5) is 31.6. The molecule has 0 fully saturated rings. The summed E-state index contributed by atoms with van der Waals surface area (Å²) >= 11 is 14.7. The smallest absolute Gasteiger partial charge is 0.262 e. The quantitative estimate of drug-likeness (QED) is 0.454. The van der Waals surface area contributed by atoms with Gasteiger partial charge in [-0.25, -0.2) is 4.98 Å². The highest BCUT2D eigenvalue weighted by molar-refractivity contribution is 8.00. The van der Waals surface area contributed by atoms with Gasteiger partial charge in [0.1, 0.15) is 4.83 Å². The summed E-state index contributed by atoms with van der Waals surface area (Å²) < 4.78 is 1.49. The summed E-state index contributed by atoms with van der Waals surface area (Å²) in [6.45, 7) is 5.65. The summed E-state index contributed by atoms with van der Waals surface area (Å²) in [6, 6.07) is 4.87. The van der Waals surface area contributed by atoms with Crippen LogP contribution in [0.1, 0.15) is 17.4 Å². The molecular formula is C18H17Cl2N3O2S2. The molecule has 3 aromatic rings. The fourth-order valence-corrected chi connectivity index (χ4v) is 4.90. The Morgan fingerprint density at radius 2 is 2.04 bits per heavy atom. The predicted molar refractivity (Wildman–Crippen MR) is 115 cm³/mol. The van der Waals surface area contributed by atoms with Crippen molar-refractivity contribution in [1.29, 1.82) is 0 Å². The van der Waals surface area contributed by atoms with Crippen molar-refractivity contribution in [1.82, 2.24) is 9.55 Å². The maximum absolute atomic E-state index is 12.7. The molecule has 1 amide bonds. The van der Waals surface area contributed by atoms with Crippen LogP contribution in [0.3, 0.4) is 0 Å². The van der Waals surface area contributed by atoms with E-state index < -0.39 is 5.25 Å². The van der Waals surface area contributed by atoms with Crippen molar-refractivity contribution in [2.45, 2.75) is 31.2 Å². The number of fused-ring (bicyclic) bond motifs is 1. The van der Waals surface area contributed by atoms with E-state index in [9.17, 15) is 9.59 Å². The van der Waals surface area contributed by atoms with Crippen LogP contribution in [0.25, 0.3) is 10.2 Å². The Balaban J connectivity index is 1.85. The van der Waals surface area contributed by atoms with E-state index in [-0.39, 0.29) is 11.5 Å². The number of benzene rings is 1. The van der Waals surface area contributed by atoms with Crippen LogP contribution in [0.2, 0.25) is 10.0 Å². The van der Waals surface area contributed by atoms with E-state index >= 15 is 0 Å². The molecule has 1 unspecified atom stereocenters. The second kappa shape index (κ2) is 7.83. The number of nitrogens with one attached hydrogen (secondary N) is 1. The monoisotopic (exact) mass is 441 g/mol. The van der Waals surface area contributed by atoms with E-state index in [0.717, 1.165) is 10.4 Å². The molecular weight excluding hydrogens is 425 g/mol. The molecule has 1 aromatic carbocycles. The number of nitrogens with zero attached hydrogens (tertiary/aromatic N) is 2. The van der Waals surface area contributed by atoms with Gasteiger partial charge in [0.25, 0.3) is 5.56 Å². The zero-order valence-corrected chi connectivity index (χ0v) is 18.2. The van der Waals surface area contributed by atoms with Crippen molar-refractivity contribution >= 4 is 68.1 Å². The number of carbonyl (C=O) groups excluding carboxylic acids is 1. The second-order valence-electron chi connectivity index (χ2n) is 6.10. The lowest BCUT2D eigenvalue weighted by Crippen LogP contribution is -2.25. The Bertz CT molecular complexity index is 1110. The second-order valence-corrected chi connectivity index (χ2v) is 9.45. The van der Waals surface area contributed by atoms with Crippen molar-refractivity contribution in [3.8, 4) is 0 Å². The minimum atomic E-state index is -0.477. The van der Waals surface area contributed by atoms with E-state index in [2.05, 4.69) is 10.3 Å². The zero-order valence-electron chi connectivity index (χ0n) is 15.1. The lowest BCUT2D eigenvalue weighted by molar-refractivity contribution is -0.115. The highest BCUT2D eigenvalue weighted by Crippen LogP contribution is 2.30. The van der Waals surface area contributed by atoms with E-state index in [1.807, 2.05) is 13.8 Å². The summed E-state index contributed by atoms with van der Waals surface area (Å²) in [6.07, 6.45) is 0. The van der Waals surface area contributed by atoms with Crippen molar-refractivity contribution in [2.24, 2.45) is 7.05 Å². The molecule has 0 bridgehead atoms. The van der Waals surface area contributed by atoms with Gasteiger partial charge in [0, 0.05) is 16.9 Å². The molecule has 0 aliphatic rings. The topological polar surface area (TPSA) is 64.0 Å². The highest BCUT2D eigenvalue weighted by Gasteiger charge is 2.21. The fourth-order valence-electron chi connectivity index (χ4n) is 2.50. The first kappa shape index (κ1) is 20.2. The van der Waals surface area contributed by atoms with Crippen LogP contribution < -0.4 is 10.9 Å². The Hall–Kier alpha value is -1.54. The van der Waals surface area contributed by atoms with Crippen LogP contribution in [0, 0.1) is 13.8 Å². The molecule has 27 heavy (non-hydrogen) atoms. The number of halogens is 2. The van der Waals surface area contributed by atoms with Gasteiger partial charge in [0.15, 0.2) is 5.16 Å². The highest BCUT2D eigenvalue weighted by atomic mass is 35.5. The van der Waals surface area contributed by atoms with Gasteiger partial charge in [-0.1, -0.05) is 35.0 Å². The Morgan fingerprint density at radius 1 is 1.33 bits per heavy atom. The average Bonchev–Trinajstić information content (AvgIpc) is 2.89. The summed E-state index contributed by atoms with van der Waals surface area (Å²) in [5.41, 5.74) is 1.35. The van der Waals surface area contributed by atoms with Gasteiger partial charge in [0.2, 0.25) is 5.91 Å². The van der Waals surface area contributed by atoms with E-state index in [4.69, 9.17) is 23.2 Å². The third-order valence-electron chi connectivity index (χ3n) is 4.21. The average molecular weight is 442 g/mol.